The topological polar surface area (TPSA) is 111 Å². The highest BCUT2D eigenvalue weighted by molar-refractivity contribution is 6.05. The van der Waals surface area contributed by atoms with Crippen LogP contribution in [0.3, 0.4) is 0 Å². The number of carbonyl (C=O) groups is 3. The minimum Gasteiger partial charge on any atom is -0.493 e. The van der Waals surface area contributed by atoms with Gasteiger partial charge in [-0.3, -0.25) is 14.4 Å². The molecule has 0 aromatic heterocycles. The van der Waals surface area contributed by atoms with Crippen LogP contribution in [0.2, 0.25) is 0 Å². The summed E-state index contributed by atoms with van der Waals surface area (Å²) in [5.74, 6) is -0.323. The Kier molecular flexibility index (Phi) is 6.76. The van der Waals surface area contributed by atoms with Crippen LogP contribution in [0.5, 0.6) is 5.75 Å². The van der Waals surface area contributed by atoms with Crippen LogP contribution in [0.4, 0.5) is 5.69 Å². The summed E-state index contributed by atoms with van der Waals surface area (Å²) in [4.78, 5) is 35.2. The quantitative estimate of drug-likeness (QED) is 0.683. The maximum atomic E-state index is 12.4. The Morgan fingerprint density at radius 3 is 1.93 bits per heavy atom. The third-order valence-corrected chi connectivity index (χ3v) is 3.63. The summed E-state index contributed by atoms with van der Waals surface area (Å²) in [6.07, 6.45) is 0.141. The minimum atomic E-state index is -0.425. The van der Waals surface area contributed by atoms with Crippen molar-refractivity contribution in [1.29, 1.82) is 0 Å². The van der Waals surface area contributed by atoms with E-state index in [1.165, 1.54) is 0 Å². The molecule has 4 N–H and O–H groups in total. The van der Waals surface area contributed by atoms with Crippen molar-refractivity contribution in [2.45, 2.75) is 32.7 Å². The zero-order valence-corrected chi connectivity index (χ0v) is 16.2. The van der Waals surface area contributed by atoms with Crippen molar-refractivity contribution >= 4 is 23.4 Å². The lowest BCUT2D eigenvalue weighted by molar-refractivity contribution is -0.118. The lowest BCUT2D eigenvalue weighted by atomic mass is 10.1. The van der Waals surface area contributed by atoms with Gasteiger partial charge in [-0.1, -0.05) is 0 Å². The molecule has 0 bridgehead atoms. The maximum Gasteiger partial charge on any atom is 0.255 e. The summed E-state index contributed by atoms with van der Waals surface area (Å²) >= 11 is 0. The molecule has 0 fully saturated rings. The molecule has 7 heteroatoms. The number of carbonyl (C=O) groups excluding carboxylic acids is 3. The summed E-state index contributed by atoms with van der Waals surface area (Å²) in [5.41, 5.74) is 6.25. The molecular formula is C21H25N3O4. The van der Waals surface area contributed by atoms with E-state index < -0.39 is 5.91 Å². The Balaban J connectivity index is 1.93. The molecule has 0 aliphatic rings. The van der Waals surface area contributed by atoms with Crippen molar-refractivity contribution < 1.29 is 19.1 Å². The highest BCUT2D eigenvalue weighted by Crippen LogP contribution is 2.17. The van der Waals surface area contributed by atoms with Gasteiger partial charge in [0.05, 0.1) is 13.0 Å². The fourth-order valence-electron chi connectivity index (χ4n) is 2.29. The predicted molar refractivity (Wildman–Crippen MR) is 107 cm³/mol. The lowest BCUT2D eigenvalue weighted by Crippen LogP contribution is -2.40. The largest absolute Gasteiger partial charge is 0.493 e. The van der Waals surface area contributed by atoms with Crippen LogP contribution in [0, 0.1) is 0 Å². The van der Waals surface area contributed by atoms with E-state index in [-0.39, 0.29) is 30.4 Å². The van der Waals surface area contributed by atoms with Crippen LogP contribution in [0.15, 0.2) is 48.5 Å². The van der Waals surface area contributed by atoms with Crippen LogP contribution in [0.1, 0.15) is 47.9 Å². The first-order valence-electron chi connectivity index (χ1n) is 8.89. The number of nitrogens with two attached hydrogens (primary N) is 1. The van der Waals surface area contributed by atoms with E-state index in [4.69, 9.17) is 10.5 Å². The zero-order chi connectivity index (χ0) is 20.7. The monoisotopic (exact) mass is 383 g/mol. The van der Waals surface area contributed by atoms with E-state index in [1.54, 1.807) is 48.5 Å². The van der Waals surface area contributed by atoms with Gasteiger partial charge >= 0.3 is 0 Å². The molecule has 0 aliphatic carbocycles. The number of primary amides is 1. The number of amides is 3. The van der Waals surface area contributed by atoms with Gasteiger partial charge in [0.25, 0.3) is 11.8 Å². The van der Waals surface area contributed by atoms with E-state index >= 15 is 0 Å². The van der Waals surface area contributed by atoms with Gasteiger partial charge in [-0.15, -0.1) is 0 Å². The van der Waals surface area contributed by atoms with Crippen molar-refractivity contribution in [2.75, 3.05) is 11.9 Å². The Morgan fingerprint density at radius 1 is 0.893 bits per heavy atom. The molecular weight excluding hydrogens is 358 g/mol. The molecule has 0 radical (unpaired) electrons. The highest BCUT2D eigenvalue weighted by Gasteiger charge is 2.15. The summed E-state index contributed by atoms with van der Waals surface area (Å²) in [6, 6.07) is 13.2. The first-order chi connectivity index (χ1) is 13.1. The summed E-state index contributed by atoms with van der Waals surface area (Å²) in [5, 5.41) is 5.65. The predicted octanol–water partition coefficient (Wildman–Crippen LogP) is 2.72. The van der Waals surface area contributed by atoms with Gasteiger partial charge in [-0.2, -0.15) is 0 Å². The van der Waals surface area contributed by atoms with Crippen LogP contribution in [0.25, 0.3) is 0 Å². The second-order valence-corrected chi connectivity index (χ2v) is 7.32. The molecule has 0 heterocycles. The fourth-order valence-corrected chi connectivity index (χ4v) is 2.29. The average Bonchev–Trinajstić information content (AvgIpc) is 2.61. The minimum absolute atomic E-state index is 0.141. The van der Waals surface area contributed by atoms with Gasteiger partial charge < -0.3 is 21.1 Å². The first-order valence-corrected chi connectivity index (χ1v) is 8.89. The molecule has 2 rings (SSSR count). The molecule has 0 unspecified atom stereocenters. The van der Waals surface area contributed by atoms with Gasteiger partial charge in [0, 0.05) is 22.4 Å². The molecule has 0 spiro atoms. The molecule has 0 saturated carbocycles. The summed E-state index contributed by atoms with van der Waals surface area (Å²) < 4.78 is 5.38. The number of rotatable bonds is 7. The van der Waals surface area contributed by atoms with Crippen LogP contribution < -0.4 is 21.1 Å². The second-order valence-electron chi connectivity index (χ2n) is 7.32. The summed E-state index contributed by atoms with van der Waals surface area (Å²) in [6.45, 7) is 5.92. The van der Waals surface area contributed by atoms with E-state index in [1.807, 2.05) is 20.8 Å². The van der Waals surface area contributed by atoms with Crippen LogP contribution in [-0.4, -0.2) is 29.9 Å². The maximum absolute atomic E-state index is 12.4. The second kappa shape index (κ2) is 9.03. The van der Waals surface area contributed by atoms with E-state index in [0.717, 1.165) is 0 Å². The zero-order valence-electron chi connectivity index (χ0n) is 16.2. The van der Waals surface area contributed by atoms with Gasteiger partial charge in [0.15, 0.2) is 0 Å². The lowest BCUT2D eigenvalue weighted by Gasteiger charge is -2.20. The summed E-state index contributed by atoms with van der Waals surface area (Å²) in [7, 11) is 0. The number of hydrogen-bond donors (Lipinski definition) is 3. The van der Waals surface area contributed by atoms with Crippen molar-refractivity contribution in [3.8, 4) is 5.75 Å². The first kappa shape index (κ1) is 21.0. The van der Waals surface area contributed by atoms with Gasteiger partial charge in [0.2, 0.25) is 5.91 Å². The molecule has 2 aromatic carbocycles. The Bertz CT molecular complexity index is 837. The van der Waals surface area contributed by atoms with Crippen molar-refractivity contribution in [3.05, 3.63) is 59.7 Å². The van der Waals surface area contributed by atoms with Gasteiger partial charge in [-0.25, -0.2) is 0 Å². The van der Waals surface area contributed by atoms with E-state index in [2.05, 4.69) is 10.6 Å². The molecule has 0 saturated heterocycles. The molecule has 7 nitrogen and oxygen atoms in total. The van der Waals surface area contributed by atoms with E-state index in [9.17, 15) is 14.4 Å². The fraction of sp³-hybridized carbons (Fsp3) is 0.286. The molecule has 28 heavy (non-hydrogen) atoms. The Morgan fingerprint density at radius 2 is 1.43 bits per heavy atom. The van der Waals surface area contributed by atoms with Gasteiger partial charge in [-0.05, 0) is 69.3 Å². The molecule has 148 valence electrons. The number of hydrogen-bond acceptors (Lipinski definition) is 4. The number of benzene rings is 2. The SMILES string of the molecule is CC(C)(C)NC(=O)c1ccc(C(=O)Nc2ccc(OCCC(N)=O)cc2)cc1. The van der Waals surface area contributed by atoms with Crippen molar-refractivity contribution in [1.82, 2.24) is 5.32 Å². The van der Waals surface area contributed by atoms with Crippen LogP contribution >= 0.6 is 0 Å². The standard InChI is InChI=1S/C21H25N3O4/c1-21(2,3)24-20(27)15-6-4-14(5-7-15)19(26)23-16-8-10-17(11-9-16)28-13-12-18(22)25/h4-11H,12-13H2,1-3H3,(H2,22,25)(H,23,26)(H,24,27). The van der Waals surface area contributed by atoms with Crippen molar-refractivity contribution in [2.24, 2.45) is 5.73 Å². The molecule has 3 amide bonds. The normalized spacial score (nSPS) is 10.8. The Labute approximate surface area is 164 Å². The van der Waals surface area contributed by atoms with Gasteiger partial charge in [0.1, 0.15) is 5.75 Å². The third kappa shape index (κ3) is 6.75. The smallest absolute Gasteiger partial charge is 0.255 e. The number of ether oxygens (including phenoxy) is 1. The number of anilines is 1. The average molecular weight is 383 g/mol. The Hall–Kier alpha value is -3.35. The van der Waals surface area contributed by atoms with E-state index in [0.29, 0.717) is 22.6 Å². The van der Waals surface area contributed by atoms with Crippen molar-refractivity contribution in [3.63, 3.8) is 0 Å². The molecule has 0 aliphatic heterocycles. The third-order valence-electron chi connectivity index (χ3n) is 3.63. The molecule has 0 atom stereocenters. The molecule has 2 aromatic rings. The highest BCUT2D eigenvalue weighted by atomic mass is 16.5. The number of nitrogens with one attached hydrogen (secondary N) is 2. The van der Waals surface area contributed by atoms with Crippen LogP contribution in [-0.2, 0) is 4.79 Å².